The van der Waals surface area contributed by atoms with Crippen molar-refractivity contribution in [2.45, 2.75) is 20.8 Å². The topological polar surface area (TPSA) is 40.5 Å². The summed E-state index contributed by atoms with van der Waals surface area (Å²) in [5, 5.41) is 20.3. The van der Waals surface area contributed by atoms with Gasteiger partial charge < -0.3 is 10.2 Å². The van der Waals surface area contributed by atoms with Crippen LogP contribution in [0.15, 0.2) is 12.1 Å². The highest BCUT2D eigenvalue weighted by molar-refractivity contribution is 5.94. The third-order valence-electron chi connectivity index (χ3n) is 3.02. The molecule has 0 aromatic heterocycles. The summed E-state index contributed by atoms with van der Waals surface area (Å²) in [5.74, 6) is -0.421. The third-order valence-corrected chi connectivity index (χ3v) is 3.02. The van der Waals surface area contributed by atoms with Crippen LogP contribution in [0, 0.1) is 26.6 Å². The van der Waals surface area contributed by atoms with E-state index in [1.165, 1.54) is 6.07 Å². The van der Waals surface area contributed by atoms with E-state index in [0.29, 0.717) is 27.5 Å². The van der Waals surface area contributed by atoms with E-state index in [-0.39, 0.29) is 11.5 Å². The molecule has 0 heterocycles. The predicted octanol–water partition coefficient (Wildman–Crippen LogP) is 3.32. The highest BCUT2D eigenvalue weighted by atomic mass is 19.1. The Morgan fingerprint density at radius 3 is 1.94 bits per heavy atom. The maximum Gasteiger partial charge on any atom is 0.135 e. The molecule has 0 aliphatic heterocycles. The Bertz CT molecular complexity index is 540. The standard InChI is InChI=1S/C13H13FO2/c1-6-4-10(15)7(2)13-8(3)11(16)5-9(14)12(6)13/h4-5,15-16H,1-3H3. The van der Waals surface area contributed by atoms with Crippen molar-refractivity contribution in [2.24, 2.45) is 0 Å². The first kappa shape index (κ1) is 10.7. The van der Waals surface area contributed by atoms with Crippen molar-refractivity contribution in [2.75, 3.05) is 0 Å². The minimum absolute atomic E-state index is 0.0851. The normalized spacial score (nSPS) is 11.0. The first-order valence-electron chi connectivity index (χ1n) is 5.04. The summed E-state index contributed by atoms with van der Waals surface area (Å²) in [7, 11) is 0. The molecule has 2 rings (SSSR count). The number of hydrogen-bond acceptors (Lipinski definition) is 2. The molecule has 16 heavy (non-hydrogen) atoms. The molecule has 2 N–H and O–H groups in total. The molecule has 0 aliphatic rings. The van der Waals surface area contributed by atoms with Crippen molar-refractivity contribution in [1.29, 1.82) is 0 Å². The van der Waals surface area contributed by atoms with Crippen molar-refractivity contribution in [3.05, 3.63) is 34.6 Å². The van der Waals surface area contributed by atoms with Gasteiger partial charge in [-0.2, -0.15) is 0 Å². The fraction of sp³-hybridized carbons (Fsp3) is 0.231. The molecule has 0 atom stereocenters. The Morgan fingerprint density at radius 2 is 1.38 bits per heavy atom. The van der Waals surface area contributed by atoms with Gasteiger partial charge in [-0.1, -0.05) is 0 Å². The summed E-state index contributed by atoms with van der Waals surface area (Å²) in [6.07, 6.45) is 0. The van der Waals surface area contributed by atoms with E-state index in [0.717, 1.165) is 6.07 Å². The minimum Gasteiger partial charge on any atom is -0.508 e. The number of aryl methyl sites for hydroxylation is 3. The van der Waals surface area contributed by atoms with Gasteiger partial charge in [-0.05, 0) is 48.9 Å². The van der Waals surface area contributed by atoms with Gasteiger partial charge in [-0.3, -0.25) is 0 Å². The van der Waals surface area contributed by atoms with Crippen LogP contribution in [0.1, 0.15) is 16.7 Å². The van der Waals surface area contributed by atoms with Gasteiger partial charge in [0.2, 0.25) is 0 Å². The minimum atomic E-state index is -0.460. The monoisotopic (exact) mass is 220 g/mol. The molecule has 84 valence electrons. The fourth-order valence-electron chi connectivity index (χ4n) is 2.10. The number of benzene rings is 2. The van der Waals surface area contributed by atoms with Crippen molar-refractivity contribution in [3.63, 3.8) is 0 Å². The lowest BCUT2D eigenvalue weighted by atomic mass is 9.95. The molecule has 3 heteroatoms. The van der Waals surface area contributed by atoms with E-state index in [1.807, 2.05) is 0 Å². The van der Waals surface area contributed by atoms with E-state index in [4.69, 9.17) is 0 Å². The second-order valence-electron chi connectivity index (χ2n) is 4.09. The summed E-state index contributed by atoms with van der Waals surface area (Å²) in [5.41, 5.74) is 1.85. The van der Waals surface area contributed by atoms with Gasteiger partial charge in [-0.15, -0.1) is 0 Å². The zero-order valence-electron chi connectivity index (χ0n) is 9.43. The Hall–Kier alpha value is -1.77. The number of phenols is 2. The van der Waals surface area contributed by atoms with Gasteiger partial charge in [0.05, 0.1) is 0 Å². The highest BCUT2D eigenvalue weighted by Crippen LogP contribution is 2.37. The van der Waals surface area contributed by atoms with Gasteiger partial charge in [0.15, 0.2) is 0 Å². The van der Waals surface area contributed by atoms with Crippen LogP contribution in [0.4, 0.5) is 4.39 Å². The molecule has 0 aliphatic carbocycles. The average molecular weight is 220 g/mol. The summed E-state index contributed by atoms with van der Waals surface area (Å²) in [4.78, 5) is 0. The largest absolute Gasteiger partial charge is 0.508 e. The van der Waals surface area contributed by atoms with Crippen LogP contribution in [0.3, 0.4) is 0 Å². The fourth-order valence-corrected chi connectivity index (χ4v) is 2.10. The van der Waals surface area contributed by atoms with Gasteiger partial charge in [-0.25, -0.2) is 4.39 Å². The Balaban J connectivity index is 3.11. The second-order valence-corrected chi connectivity index (χ2v) is 4.09. The number of hydrogen-bond donors (Lipinski definition) is 2. The average Bonchev–Trinajstić information content (AvgIpc) is 2.20. The molecule has 0 saturated carbocycles. The van der Waals surface area contributed by atoms with E-state index in [9.17, 15) is 14.6 Å². The first-order chi connectivity index (χ1) is 7.43. The van der Waals surface area contributed by atoms with Crippen LogP contribution < -0.4 is 0 Å². The number of halogens is 1. The summed E-state index contributed by atoms with van der Waals surface area (Å²) < 4.78 is 13.8. The van der Waals surface area contributed by atoms with Gasteiger partial charge in [0.25, 0.3) is 0 Å². The van der Waals surface area contributed by atoms with Crippen LogP contribution in [0.2, 0.25) is 0 Å². The Labute approximate surface area is 93.0 Å². The lowest BCUT2D eigenvalue weighted by molar-refractivity contribution is 0.465. The number of phenolic OH excluding ortho intramolecular Hbond substituents is 2. The summed E-state index contributed by atoms with van der Waals surface area (Å²) in [6.45, 7) is 5.16. The van der Waals surface area contributed by atoms with E-state index in [1.54, 1.807) is 20.8 Å². The van der Waals surface area contributed by atoms with E-state index < -0.39 is 5.82 Å². The molecule has 2 nitrogen and oxygen atoms in total. The van der Waals surface area contributed by atoms with Gasteiger partial charge >= 0.3 is 0 Å². The quantitative estimate of drug-likeness (QED) is 0.715. The summed E-state index contributed by atoms with van der Waals surface area (Å²) >= 11 is 0. The Kier molecular flexibility index (Phi) is 2.26. The molecule has 2 aromatic rings. The van der Waals surface area contributed by atoms with E-state index >= 15 is 0 Å². The zero-order chi connectivity index (χ0) is 12.0. The number of fused-ring (bicyclic) bond motifs is 1. The lowest BCUT2D eigenvalue weighted by Crippen LogP contribution is -1.92. The van der Waals surface area contributed by atoms with Gasteiger partial charge in [0, 0.05) is 11.5 Å². The molecule has 0 bridgehead atoms. The summed E-state index contributed by atoms with van der Waals surface area (Å²) in [6, 6.07) is 2.65. The van der Waals surface area contributed by atoms with Gasteiger partial charge in [0.1, 0.15) is 17.3 Å². The van der Waals surface area contributed by atoms with Crippen molar-refractivity contribution in [3.8, 4) is 11.5 Å². The lowest BCUT2D eigenvalue weighted by Gasteiger charge is -2.12. The van der Waals surface area contributed by atoms with Crippen molar-refractivity contribution >= 4 is 10.8 Å². The van der Waals surface area contributed by atoms with Crippen molar-refractivity contribution in [1.82, 2.24) is 0 Å². The van der Waals surface area contributed by atoms with Crippen LogP contribution >= 0.6 is 0 Å². The smallest absolute Gasteiger partial charge is 0.135 e. The molecule has 0 amide bonds. The Morgan fingerprint density at radius 1 is 0.875 bits per heavy atom. The maximum absolute atomic E-state index is 13.8. The predicted molar refractivity (Wildman–Crippen MR) is 61.4 cm³/mol. The highest BCUT2D eigenvalue weighted by Gasteiger charge is 2.15. The van der Waals surface area contributed by atoms with Crippen LogP contribution in [0.25, 0.3) is 10.8 Å². The molecule has 0 radical (unpaired) electrons. The van der Waals surface area contributed by atoms with Crippen LogP contribution in [-0.2, 0) is 0 Å². The first-order valence-corrected chi connectivity index (χ1v) is 5.04. The molecule has 0 fully saturated rings. The molecule has 0 saturated heterocycles. The maximum atomic E-state index is 13.8. The SMILES string of the molecule is Cc1cc(O)c(C)c2c(C)c(O)cc(F)c12. The molecular weight excluding hydrogens is 207 g/mol. The van der Waals surface area contributed by atoms with Crippen molar-refractivity contribution < 1.29 is 14.6 Å². The number of aromatic hydroxyl groups is 2. The second kappa shape index (κ2) is 3.37. The molecule has 0 unspecified atom stereocenters. The molecular formula is C13H13FO2. The molecule has 2 aromatic carbocycles. The van der Waals surface area contributed by atoms with E-state index in [2.05, 4.69) is 0 Å². The number of rotatable bonds is 0. The van der Waals surface area contributed by atoms with Crippen LogP contribution in [0.5, 0.6) is 11.5 Å². The third kappa shape index (κ3) is 1.32. The molecule has 0 spiro atoms. The van der Waals surface area contributed by atoms with Crippen LogP contribution in [-0.4, -0.2) is 10.2 Å². The zero-order valence-corrected chi connectivity index (χ0v) is 9.43.